The van der Waals surface area contributed by atoms with E-state index in [0.29, 0.717) is 11.3 Å². The molecule has 0 saturated heterocycles. The van der Waals surface area contributed by atoms with E-state index >= 15 is 0 Å². The van der Waals surface area contributed by atoms with Crippen LogP contribution >= 0.6 is 23.2 Å². The molecule has 0 unspecified atom stereocenters. The summed E-state index contributed by atoms with van der Waals surface area (Å²) in [4.78, 5) is 12.6. The summed E-state index contributed by atoms with van der Waals surface area (Å²) in [5.74, 6) is -0.0743. The van der Waals surface area contributed by atoms with Gasteiger partial charge >= 0.3 is 0 Å². The molecule has 3 aromatic carbocycles. The molecule has 6 nitrogen and oxygen atoms in total. The number of carbonyl (C=O) groups excluding carboxylic acids is 1. The van der Waals surface area contributed by atoms with E-state index in [2.05, 4.69) is 10.0 Å². The summed E-state index contributed by atoms with van der Waals surface area (Å²) >= 11 is 12.1. The van der Waals surface area contributed by atoms with Crippen LogP contribution < -0.4 is 14.8 Å². The number of hydrogen-bond donors (Lipinski definition) is 2. The number of hydrogen-bond acceptors (Lipinski definition) is 4. The van der Waals surface area contributed by atoms with Crippen LogP contribution in [-0.4, -0.2) is 21.4 Å². The van der Waals surface area contributed by atoms with Gasteiger partial charge in [-0.2, -0.15) is 0 Å². The summed E-state index contributed by atoms with van der Waals surface area (Å²) in [5.41, 5.74) is 1.53. The Bertz CT molecular complexity index is 1190. The van der Waals surface area contributed by atoms with Crippen LogP contribution in [0, 0.1) is 6.92 Å². The Morgan fingerprint density at radius 3 is 2.27 bits per heavy atom. The third-order valence-electron chi connectivity index (χ3n) is 4.32. The molecule has 156 valence electrons. The van der Waals surface area contributed by atoms with Gasteiger partial charge in [0.1, 0.15) is 5.75 Å². The maximum Gasteiger partial charge on any atom is 0.262 e. The van der Waals surface area contributed by atoms with E-state index in [1.165, 1.54) is 37.4 Å². The van der Waals surface area contributed by atoms with E-state index < -0.39 is 10.0 Å². The van der Waals surface area contributed by atoms with Gasteiger partial charge in [0.15, 0.2) is 0 Å². The fourth-order valence-electron chi connectivity index (χ4n) is 2.76. The summed E-state index contributed by atoms with van der Waals surface area (Å²) in [7, 11) is -2.61. The number of halogens is 2. The number of para-hydroxylation sites is 1. The molecular weight excluding hydrogens is 447 g/mol. The van der Waals surface area contributed by atoms with E-state index in [0.717, 1.165) is 5.56 Å². The Balaban J connectivity index is 1.96. The third-order valence-corrected chi connectivity index (χ3v) is 6.30. The third kappa shape index (κ3) is 4.70. The van der Waals surface area contributed by atoms with Crippen LogP contribution in [0.1, 0.15) is 15.9 Å². The number of methoxy groups -OCH3 is 1. The average Bonchev–Trinajstić information content (AvgIpc) is 2.71. The van der Waals surface area contributed by atoms with Crippen molar-refractivity contribution < 1.29 is 17.9 Å². The SMILES string of the molecule is COc1ccc(S(=O)(=O)Nc2c(Cl)cccc2Cl)cc1NC(=O)c1ccccc1C. The molecular formula is C21H18Cl2N2O4S. The molecule has 1 amide bonds. The van der Waals surface area contributed by atoms with E-state index in [1.54, 1.807) is 18.2 Å². The quantitative estimate of drug-likeness (QED) is 0.513. The maximum absolute atomic E-state index is 12.9. The normalized spacial score (nSPS) is 11.1. The predicted octanol–water partition coefficient (Wildman–Crippen LogP) is 5.36. The first-order chi connectivity index (χ1) is 14.2. The zero-order valence-electron chi connectivity index (χ0n) is 16.1. The van der Waals surface area contributed by atoms with Crippen LogP contribution in [0.25, 0.3) is 0 Å². The minimum absolute atomic E-state index is 0.0714. The molecule has 0 aliphatic heterocycles. The summed E-state index contributed by atoms with van der Waals surface area (Å²) in [6, 6.07) is 15.8. The molecule has 3 rings (SSSR count). The number of carbonyl (C=O) groups is 1. The number of nitrogens with one attached hydrogen (secondary N) is 2. The van der Waals surface area contributed by atoms with Gasteiger partial charge in [-0.15, -0.1) is 0 Å². The number of sulfonamides is 1. The van der Waals surface area contributed by atoms with Crippen molar-refractivity contribution in [2.75, 3.05) is 17.1 Å². The van der Waals surface area contributed by atoms with Gasteiger partial charge in [-0.05, 0) is 48.9 Å². The lowest BCUT2D eigenvalue weighted by molar-refractivity contribution is 0.102. The van der Waals surface area contributed by atoms with Gasteiger partial charge in [-0.3, -0.25) is 9.52 Å². The van der Waals surface area contributed by atoms with Crippen LogP contribution in [-0.2, 0) is 10.0 Å². The highest BCUT2D eigenvalue weighted by atomic mass is 35.5. The van der Waals surface area contributed by atoms with E-state index in [1.807, 2.05) is 19.1 Å². The van der Waals surface area contributed by atoms with Crippen molar-refractivity contribution >= 4 is 50.5 Å². The zero-order valence-corrected chi connectivity index (χ0v) is 18.4. The summed E-state index contributed by atoms with van der Waals surface area (Å²) in [6.07, 6.45) is 0. The van der Waals surface area contributed by atoms with Crippen molar-refractivity contribution in [3.8, 4) is 5.75 Å². The van der Waals surface area contributed by atoms with E-state index in [9.17, 15) is 13.2 Å². The molecule has 0 aromatic heterocycles. The Labute approximate surface area is 184 Å². The summed E-state index contributed by atoms with van der Waals surface area (Å²) in [5, 5.41) is 3.03. The summed E-state index contributed by atoms with van der Waals surface area (Å²) < 4.78 is 33.4. The largest absolute Gasteiger partial charge is 0.495 e. The molecule has 0 spiro atoms. The molecule has 0 fully saturated rings. The van der Waals surface area contributed by atoms with Crippen molar-refractivity contribution in [2.24, 2.45) is 0 Å². The monoisotopic (exact) mass is 464 g/mol. The molecule has 0 radical (unpaired) electrons. The first-order valence-corrected chi connectivity index (χ1v) is 11.0. The van der Waals surface area contributed by atoms with Crippen molar-refractivity contribution in [1.82, 2.24) is 0 Å². The molecule has 0 saturated carbocycles. The number of anilines is 2. The van der Waals surface area contributed by atoms with Gasteiger partial charge < -0.3 is 10.1 Å². The first kappa shape index (κ1) is 22.0. The minimum Gasteiger partial charge on any atom is -0.495 e. The predicted molar refractivity (Wildman–Crippen MR) is 119 cm³/mol. The Morgan fingerprint density at radius 1 is 0.967 bits per heavy atom. The fraction of sp³-hybridized carbons (Fsp3) is 0.0952. The average molecular weight is 465 g/mol. The lowest BCUT2D eigenvalue weighted by atomic mass is 10.1. The molecule has 0 aliphatic rings. The minimum atomic E-state index is -4.04. The Kier molecular flexibility index (Phi) is 6.55. The molecule has 9 heteroatoms. The van der Waals surface area contributed by atoms with E-state index in [-0.39, 0.29) is 32.2 Å². The van der Waals surface area contributed by atoms with E-state index in [4.69, 9.17) is 27.9 Å². The number of amides is 1. The number of rotatable bonds is 6. The van der Waals surface area contributed by atoms with Gasteiger partial charge in [-0.1, -0.05) is 47.5 Å². The van der Waals surface area contributed by atoms with Crippen LogP contribution in [0.4, 0.5) is 11.4 Å². The van der Waals surface area contributed by atoms with Crippen molar-refractivity contribution in [1.29, 1.82) is 0 Å². The molecule has 0 aliphatic carbocycles. The second-order valence-corrected chi connectivity index (χ2v) is 8.83. The molecule has 3 aromatic rings. The van der Waals surface area contributed by atoms with Gasteiger partial charge in [0, 0.05) is 5.56 Å². The summed E-state index contributed by atoms with van der Waals surface area (Å²) in [6.45, 7) is 1.81. The molecule has 0 atom stereocenters. The lowest BCUT2D eigenvalue weighted by Gasteiger charge is -2.15. The van der Waals surface area contributed by atoms with Crippen LogP contribution in [0.15, 0.2) is 65.6 Å². The second kappa shape index (κ2) is 8.95. The highest BCUT2D eigenvalue weighted by Crippen LogP contribution is 2.33. The van der Waals surface area contributed by atoms with Gasteiger partial charge in [0.25, 0.3) is 15.9 Å². The van der Waals surface area contributed by atoms with Crippen molar-refractivity contribution in [3.63, 3.8) is 0 Å². The molecule has 0 bridgehead atoms. The van der Waals surface area contributed by atoms with Gasteiger partial charge in [-0.25, -0.2) is 8.42 Å². The first-order valence-electron chi connectivity index (χ1n) is 8.75. The highest BCUT2D eigenvalue weighted by molar-refractivity contribution is 7.92. The van der Waals surface area contributed by atoms with Crippen LogP contribution in [0.3, 0.4) is 0 Å². The molecule has 30 heavy (non-hydrogen) atoms. The smallest absolute Gasteiger partial charge is 0.262 e. The fourth-order valence-corrected chi connectivity index (χ4v) is 4.49. The number of benzene rings is 3. The van der Waals surface area contributed by atoms with Gasteiger partial charge in [0.05, 0.1) is 33.4 Å². The highest BCUT2D eigenvalue weighted by Gasteiger charge is 2.21. The van der Waals surface area contributed by atoms with Crippen molar-refractivity contribution in [2.45, 2.75) is 11.8 Å². The second-order valence-electron chi connectivity index (χ2n) is 6.33. The topological polar surface area (TPSA) is 84.5 Å². The number of aryl methyl sites for hydroxylation is 1. The maximum atomic E-state index is 12.9. The van der Waals surface area contributed by atoms with Crippen molar-refractivity contribution in [3.05, 3.63) is 81.8 Å². The van der Waals surface area contributed by atoms with Crippen LogP contribution in [0.5, 0.6) is 5.75 Å². The van der Waals surface area contributed by atoms with Gasteiger partial charge in [0.2, 0.25) is 0 Å². The standard InChI is InChI=1S/C21H18Cl2N2O4S/c1-13-6-3-4-7-15(13)21(26)24-18-12-14(10-11-19(18)29-2)30(27,28)25-20-16(22)8-5-9-17(20)23/h3-12,25H,1-2H3,(H,24,26). The molecule has 2 N–H and O–H groups in total. The van der Waals surface area contributed by atoms with Crippen LogP contribution in [0.2, 0.25) is 10.0 Å². The Morgan fingerprint density at radius 2 is 1.63 bits per heavy atom. The molecule has 0 heterocycles. The lowest BCUT2D eigenvalue weighted by Crippen LogP contribution is -2.16. The zero-order chi connectivity index (χ0) is 21.9. The number of ether oxygens (including phenoxy) is 1. The Hall–Kier alpha value is -2.74.